The Morgan fingerprint density at radius 3 is 2.57 bits per heavy atom. The van der Waals surface area contributed by atoms with Crippen molar-refractivity contribution >= 4 is 35.1 Å². The first kappa shape index (κ1) is 17.8. The first-order valence-electron chi connectivity index (χ1n) is 6.80. The molecular formula is C15H19Cl2NO3. The maximum Gasteiger partial charge on any atom is 0.305 e. The van der Waals surface area contributed by atoms with E-state index in [4.69, 9.17) is 23.2 Å². The molecule has 0 unspecified atom stereocenters. The van der Waals surface area contributed by atoms with Crippen LogP contribution in [0.25, 0.3) is 0 Å². The van der Waals surface area contributed by atoms with Gasteiger partial charge in [0.15, 0.2) is 0 Å². The summed E-state index contributed by atoms with van der Waals surface area (Å²) in [5.74, 6) is -0.250. The minimum Gasteiger partial charge on any atom is -0.469 e. The van der Waals surface area contributed by atoms with Crippen LogP contribution < -0.4 is 5.32 Å². The van der Waals surface area contributed by atoms with Crippen molar-refractivity contribution < 1.29 is 14.3 Å². The number of hydrogen-bond donors (Lipinski definition) is 1. The zero-order chi connectivity index (χ0) is 15.7. The molecule has 1 amide bonds. The van der Waals surface area contributed by atoms with Gasteiger partial charge in [-0.3, -0.25) is 9.59 Å². The molecule has 21 heavy (non-hydrogen) atoms. The van der Waals surface area contributed by atoms with E-state index in [0.717, 1.165) is 24.8 Å². The highest BCUT2D eigenvalue weighted by atomic mass is 35.5. The monoisotopic (exact) mass is 331 g/mol. The van der Waals surface area contributed by atoms with Crippen LogP contribution in [-0.4, -0.2) is 25.5 Å². The fourth-order valence-corrected chi connectivity index (χ4v) is 2.12. The molecule has 1 aromatic carbocycles. The molecule has 0 heterocycles. The summed E-state index contributed by atoms with van der Waals surface area (Å²) in [5.41, 5.74) is 0.826. The molecule has 0 spiro atoms. The van der Waals surface area contributed by atoms with E-state index in [1.54, 1.807) is 18.2 Å². The van der Waals surface area contributed by atoms with Crippen LogP contribution in [0.2, 0.25) is 10.0 Å². The number of unbranched alkanes of at least 4 members (excludes halogenated alkanes) is 2. The van der Waals surface area contributed by atoms with E-state index in [-0.39, 0.29) is 18.3 Å². The second kappa shape index (κ2) is 9.64. The van der Waals surface area contributed by atoms with E-state index in [2.05, 4.69) is 10.1 Å². The highest BCUT2D eigenvalue weighted by molar-refractivity contribution is 6.42. The zero-order valence-corrected chi connectivity index (χ0v) is 13.5. The molecule has 1 aromatic rings. The molecule has 0 atom stereocenters. The van der Waals surface area contributed by atoms with Crippen molar-refractivity contribution in [2.45, 2.75) is 32.1 Å². The Labute approximate surface area is 134 Å². The molecule has 1 rings (SSSR count). The molecule has 0 aliphatic rings. The number of benzene rings is 1. The summed E-state index contributed by atoms with van der Waals surface area (Å²) in [4.78, 5) is 22.6. The average Bonchev–Trinajstić information content (AvgIpc) is 2.46. The van der Waals surface area contributed by atoms with Crippen molar-refractivity contribution in [3.05, 3.63) is 33.8 Å². The summed E-state index contributed by atoms with van der Waals surface area (Å²) in [6.07, 6.45) is 3.19. The third-order valence-corrected chi connectivity index (χ3v) is 3.70. The van der Waals surface area contributed by atoms with Gasteiger partial charge in [0.05, 0.1) is 23.6 Å². The van der Waals surface area contributed by atoms with Gasteiger partial charge in [-0.15, -0.1) is 0 Å². The lowest BCUT2D eigenvalue weighted by atomic mass is 10.1. The fourth-order valence-electron chi connectivity index (χ4n) is 1.80. The quantitative estimate of drug-likeness (QED) is 0.586. The van der Waals surface area contributed by atoms with Gasteiger partial charge in [0.25, 0.3) is 0 Å². The van der Waals surface area contributed by atoms with Crippen molar-refractivity contribution in [2.24, 2.45) is 0 Å². The smallest absolute Gasteiger partial charge is 0.305 e. The Bertz CT molecular complexity index is 492. The number of ether oxygens (including phenoxy) is 1. The molecule has 0 aromatic heterocycles. The van der Waals surface area contributed by atoms with E-state index in [9.17, 15) is 9.59 Å². The van der Waals surface area contributed by atoms with Gasteiger partial charge in [-0.05, 0) is 30.5 Å². The van der Waals surface area contributed by atoms with Crippen LogP contribution in [-0.2, 0) is 20.7 Å². The predicted octanol–water partition coefficient (Wildman–Crippen LogP) is 3.39. The van der Waals surface area contributed by atoms with Crippen molar-refractivity contribution in [3.8, 4) is 0 Å². The lowest BCUT2D eigenvalue weighted by Crippen LogP contribution is -2.26. The third-order valence-electron chi connectivity index (χ3n) is 2.96. The van der Waals surface area contributed by atoms with E-state index in [1.807, 2.05) is 0 Å². The number of nitrogens with one attached hydrogen (secondary N) is 1. The summed E-state index contributed by atoms with van der Waals surface area (Å²) in [7, 11) is 1.38. The van der Waals surface area contributed by atoms with Crippen LogP contribution in [0.1, 0.15) is 31.2 Å². The highest BCUT2D eigenvalue weighted by Gasteiger charge is 2.05. The number of methoxy groups -OCH3 is 1. The molecule has 0 radical (unpaired) electrons. The van der Waals surface area contributed by atoms with Crippen LogP contribution in [0, 0.1) is 0 Å². The first-order valence-corrected chi connectivity index (χ1v) is 7.56. The second-order valence-electron chi connectivity index (χ2n) is 4.66. The topological polar surface area (TPSA) is 55.4 Å². The van der Waals surface area contributed by atoms with Crippen LogP contribution in [0.4, 0.5) is 0 Å². The number of carbonyl (C=O) groups excluding carboxylic acids is 2. The van der Waals surface area contributed by atoms with Crippen molar-refractivity contribution in [2.75, 3.05) is 13.7 Å². The summed E-state index contributed by atoms with van der Waals surface area (Å²) < 4.78 is 4.55. The van der Waals surface area contributed by atoms with E-state index in [1.165, 1.54) is 7.11 Å². The van der Waals surface area contributed by atoms with Crippen LogP contribution in [0.3, 0.4) is 0 Å². The van der Waals surface area contributed by atoms with Gasteiger partial charge in [0.1, 0.15) is 0 Å². The summed E-state index contributed by atoms with van der Waals surface area (Å²) >= 11 is 11.7. The molecule has 0 bridgehead atoms. The Morgan fingerprint density at radius 1 is 1.14 bits per heavy atom. The molecule has 1 N–H and O–H groups in total. The Kier molecular flexibility index (Phi) is 8.16. The van der Waals surface area contributed by atoms with Crippen molar-refractivity contribution in [1.29, 1.82) is 0 Å². The van der Waals surface area contributed by atoms with E-state index < -0.39 is 0 Å². The molecule has 6 heteroatoms. The van der Waals surface area contributed by atoms with Gasteiger partial charge in [0, 0.05) is 13.0 Å². The molecular weight excluding hydrogens is 313 g/mol. The minimum atomic E-state index is -0.196. The fraction of sp³-hybridized carbons (Fsp3) is 0.467. The Balaban J connectivity index is 2.16. The highest BCUT2D eigenvalue weighted by Crippen LogP contribution is 2.22. The lowest BCUT2D eigenvalue weighted by Gasteiger charge is -2.06. The summed E-state index contributed by atoms with van der Waals surface area (Å²) in [5, 5.41) is 3.76. The van der Waals surface area contributed by atoms with E-state index in [0.29, 0.717) is 23.0 Å². The molecule has 116 valence electrons. The normalized spacial score (nSPS) is 10.2. The number of carbonyl (C=O) groups is 2. The third kappa shape index (κ3) is 7.34. The predicted molar refractivity (Wildman–Crippen MR) is 83.7 cm³/mol. The Morgan fingerprint density at radius 2 is 1.90 bits per heavy atom. The number of esters is 1. The molecule has 4 nitrogen and oxygen atoms in total. The van der Waals surface area contributed by atoms with E-state index >= 15 is 0 Å². The summed E-state index contributed by atoms with van der Waals surface area (Å²) in [6.45, 7) is 0.599. The zero-order valence-electron chi connectivity index (χ0n) is 12.0. The number of halogens is 2. The minimum absolute atomic E-state index is 0.0543. The standard InChI is InChI=1S/C15H19Cl2NO3/c1-21-15(20)5-3-2-4-8-18-14(19)10-11-6-7-12(16)13(17)9-11/h6-7,9H,2-5,8,10H2,1H3,(H,18,19). The molecule has 0 saturated heterocycles. The largest absolute Gasteiger partial charge is 0.469 e. The number of rotatable bonds is 8. The molecule has 0 aliphatic heterocycles. The van der Waals surface area contributed by atoms with Gasteiger partial charge >= 0.3 is 5.97 Å². The first-order chi connectivity index (χ1) is 10.0. The number of amides is 1. The lowest BCUT2D eigenvalue weighted by molar-refractivity contribution is -0.140. The van der Waals surface area contributed by atoms with Crippen LogP contribution in [0.15, 0.2) is 18.2 Å². The van der Waals surface area contributed by atoms with Crippen molar-refractivity contribution in [3.63, 3.8) is 0 Å². The van der Waals surface area contributed by atoms with Crippen LogP contribution >= 0.6 is 23.2 Å². The average molecular weight is 332 g/mol. The maximum atomic E-state index is 11.7. The molecule has 0 saturated carbocycles. The van der Waals surface area contributed by atoms with Gasteiger partial charge in [-0.25, -0.2) is 0 Å². The Hall–Kier alpha value is -1.26. The van der Waals surface area contributed by atoms with Gasteiger partial charge in [-0.2, -0.15) is 0 Å². The SMILES string of the molecule is COC(=O)CCCCCNC(=O)Cc1ccc(Cl)c(Cl)c1. The summed E-state index contributed by atoms with van der Waals surface area (Å²) in [6, 6.07) is 5.16. The van der Waals surface area contributed by atoms with Gasteiger partial charge < -0.3 is 10.1 Å². The van der Waals surface area contributed by atoms with Gasteiger partial charge in [-0.1, -0.05) is 35.7 Å². The van der Waals surface area contributed by atoms with Gasteiger partial charge in [0.2, 0.25) is 5.91 Å². The van der Waals surface area contributed by atoms with Crippen molar-refractivity contribution in [1.82, 2.24) is 5.32 Å². The molecule has 0 aliphatic carbocycles. The second-order valence-corrected chi connectivity index (χ2v) is 5.48. The van der Waals surface area contributed by atoms with Crippen LogP contribution in [0.5, 0.6) is 0 Å². The number of hydrogen-bond acceptors (Lipinski definition) is 3. The maximum absolute atomic E-state index is 11.7. The molecule has 0 fully saturated rings.